The zero-order chi connectivity index (χ0) is 20.4. The Bertz CT molecular complexity index is 972. The van der Waals surface area contributed by atoms with E-state index < -0.39 is 5.82 Å². The Labute approximate surface area is 172 Å². The molecule has 29 heavy (non-hydrogen) atoms. The van der Waals surface area contributed by atoms with E-state index in [9.17, 15) is 14.0 Å². The number of thioether (sulfide) groups is 1. The lowest BCUT2D eigenvalue weighted by Gasteiger charge is -2.35. The maximum Gasteiger partial charge on any atom is 0.367 e. The van der Waals surface area contributed by atoms with Gasteiger partial charge in [-0.1, -0.05) is 23.9 Å². The minimum Gasteiger partial charge on any atom is -0.323 e. The summed E-state index contributed by atoms with van der Waals surface area (Å²) >= 11 is 1.24. The molecule has 1 N–H and O–H groups in total. The number of likely N-dealkylation sites (N-methyl/N-ethyl adjacent to an activating group) is 1. The molecular weight excluding hydrogens is 393 g/mol. The van der Waals surface area contributed by atoms with E-state index in [1.54, 1.807) is 16.8 Å². The lowest BCUT2D eigenvalue weighted by Crippen LogP contribution is -2.54. The molecule has 2 aliphatic rings. The average Bonchev–Trinajstić information content (AvgIpc) is 3.19. The number of carbonyl (C=O) groups is 1. The molecule has 4 rings (SSSR count). The van der Waals surface area contributed by atoms with Gasteiger partial charge in [0.15, 0.2) is 0 Å². The number of nitrogens with one attached hydrogen (secondary N) is 1. The van der Waals surface area contributed by atoms with Gasteiger partial charge in [0.2, 0.25) is 5.91 Å². The van der Waals surface area contributed by atoms with Gasteiger partial charge >= 0.3 is 5.69 Å². The van der Waals surface area contributed by atoms with Gasteiger partial charge in [0.05, 0.1) is 17.1 Å². The van der Waals surface area contributed by atoms with Crippen LogP contribution in [0.25, 0.3) is 0 Å². The first-order valence-electron chi connectivity index (χ1n) is 9.78. The van der Waals surface area contributed by atoms with Crippen LogP contribution >= 0.6 is 11.8 Å². The number of aromatic nitrogens is 2. The highest BCUT2D eigenvalue weighted by molar-refractivity contribution is 8.00. The smallest absolute Gasteiger partial charge is 0.323 e. The zero-order valence-electron chi connectivity index (χ0n) is 16.4. The summed E-state index contributed by atoms with van der Waals surface area (Å²) in [4.78, 5) is 31.6. The van der Waals surface area contributed by atoms with E-state index in [-0.39, 0.29) is 23.0 Å². The Kier molecular flexibility index (Phi) is 5.86. The fraction of sp³-hybridized carbons (Fsp3) is 0.450. The lowest BCUT2D eigenvalue weighted by molar-refractivity contribution is -0.113. The lowest BCUT2D eigenvalue weighted by atomic mass is 10.3. The molecular formula is C20H24FN5O2S. The first-order chi connectivity index (χ1) is 14.0. The van der Waals surface area contributed by atoms with Crippen molar-refractivity contribution in [1.29, 1.82) is 0 Å². The van der Waals surface area contributed by atoms with Crippen LogP contribution < -0.4 is 16.0 Å². The van der Waals surface area contributed by atoms with Gasteiger partial charge in [-0.2, -0.15) is 4.98 Å². The third-order valence-corrected chi connectivity index (χ3v) is 6.35. The van der Waals surface area contributed by atoms with Crippen LogP contribution in [0.4, 0.5) is 10.1 Å². The van der Waals surface area contributed by atoms with Crippen LogP contribution in [0.3, 0.4) is 0 Å². The summed E-state index contributed by atoms with van der Waals surface area (Å²) in [6.45, 7) is 3.41. The SMILES string of the molecule is CN1CCN(n2c3c(c(SCC(=O)Nc4ccccc4F)nc2=O)CCC3)CC1. The van der Waals surface area contributed by atoms with Crippen LogP contribution in [0.5, 0.6) is 0 Å². The molecule has 9 heteroatoms. The van der Waals surface area contributed by atoms with Crippen molar-refractivity contribution < 1.29 is 9.18 Å². The van der Waals surface area contributed by atoms with Crippen molar-refractivity contribution in [1.82, 2.24) is 14.6 Å². The van der Waals surface area contributed by atoms with Crippen molar-refractivity contribution in [3.05, 3.63) is 51.8 Å². The third-order valence-electron chi connectivity index (χ3n) is 5.33. The molecule has 7 nitrogen and oxygen atoms in total. The molecule has 1 aliphatic carbocycles. The molecule has 0 atom stereocenters. The average molecular weight is 418 g/mol. The summed E-state index contributed by atoms with van der Waals surface area (Å²) in [5, 5.41) is 5.28. The molecule has 1 aromatic carbocycles. The number of fused-ring (bicyclic) bond motifs is 1. The molecule has 0 radical (unpaired) electrons. The molecule has 1 amide bonds. The highest BCUT2D eigenvalue weighted by atomic mass is 32.2. The monoisotopic (exact) mass is 417 g/mol. The number of halogens is 1. The van der Waals surface area contributed by atoms with Gasteiger partial charge < -0.3 is 15.2 Å². The Morgan fingerprint density at radius 3 is 2.72 bits per heavy atom. The summed E-state index contributed by atoms with van der Waals surface area (Å²) < 4.78 is 15.5. The van der Waals surface area contributed by atoms with Crippen molar-refractivity contribution in [3.63, 3.8) is 0 Å². The molecule has 0 saturated carbocycles. The number of para-hydroxylation sites is 1. The van der Waals surface area contributed by atoms with E-state index in [0.717, 1.165) is 56.7 Å². The number of amides is 1. The number of hydrogen-bond donors (Lipinski definition) is 1. The number of carbonyl (C=O) groups excluding carboxylic acids is 1. The predicted octanol–water partition coefficient (Wildman–Crippen LogP) is 1.49. The van der Waals surface area contributed by atoms with E-state index in [1.165, 1.54) is 23.9 Å². The maximum atomic E-state index is 13.7. The van der Waals surface area contributed by atoms with Crippen LogP contribution in [0, 0.1) is 5.82 Å². The van der Waals surface area contributed by atoms with E-state index in [2.05, 4.69) is 27.3 Å². The second kappa shape index (κ2) is 8.54. The summed E-state index contributed by atoms with van der Waals surface area (Å²) in [5.41, 5.74) is 1.95. The van der Waals surface area contributed by atoms with Gasteiger partial charge in [-0.15, -0.1) is 0 Å². The Morgan fingerprint density at radius 2 is 1.97 bits per heavy atom. The van der Waals surface area contributed by atoms with Crippen LogP contribution in [0.15, 0.2) is 34.1 Å². The van der Waals surface area contributed by atoms with Gasteiger partial charge in [0, 0.05) is 31.7 Å². The zero-order valence-corrected chi connectivity index (χ0v) is 17.2. The van der Waals surface area contributed by atoms with Crippen molar-refractivity contribution in [2.45, 2.75) is 24.3 Å². The molecule has 1 aliphatic heterocycles. The first-order valence-corrected chi connectivity index (χ1v) is 10.8. The molecule has 0 unspecified atom stereocenters. The Balaban J connectivity index is 1.50. The van der Waals surface area contributed by atoms with Crippen LogP contribution in [0.1, 0.15) is 17.7 Å². The molecule has 1 fully saturated rings. The fourth-order valence-corrected chi connectivity index (χ4v) is 4.68. The van der Waals surface area contributed by atoms with Crippen molar-refractivity contribution >= 4 is 23.4 Å². The van der Waals surface area contributed by atoms with E-state index >= 15 is 0 Å². The molecule has 1 saturated heterocycles. The summed E-state index contributed by atoms with van der Waals surface area (Å²) in [6.07, 6.45) is 2.67. The molecule has 0 bridgehead atoms. The normalized spacial score (nSPS) is 16.7. The molecule has 2 heterocycles. The van der Waals surface area contributed by atoms with Crippen molar-refractivity contribution in [2.75, 3.05) is 49.3 Å². The fourth-order valence-electron chi connectivity index (χ4n) is 3.80. The summed E-state index contributed by atoms with van der Waals surface area (Å²) in [6, 6.07) is 6.06. The number of piperazine rings is 1. The van der Waals surface area contributed by atoms with Crippen LogP contribution in [-0.2, 0) is 17.6 Å². The van der Waals surface area contributed by atoms with E-state index in [0.29, 0.717) is 5.03 Å². The van der Waals surface area contributed by atoms with E-state index in [4.69, 9.17) is 0 Å². The number of rotatable bonds is 5. The number of nitrogens with zero attached hydrogens (tertiary/aromatic N) is 4. The number of anilines is 1. The topological polar surface area (TPSA) is 70.5 Å². The van der Waals surface area contributed by atoms with Crippen LogP contribution in [-0.4, -0.2) is 59.4 Å². The standard InChI is InChI=1S/C20H24FN5O2S/c1-24-9-11-25(12-10-24)26-17-8-4-5-14(17)19(23-20(26)28)29-13-18(27)22-16-7-3-2-6-15(16)21/h2-3,6-7H,4-5,8-13H2,1H3,(H,22,27). The third kappa shape index (κ3) is 4.30. The van der Waals surface area contributed by atoms with Crippen LogP contribution in [0.2, 0.25) is 0 Å². The Morgan fingerprint density at radius 1 is 1.21 bits per heavy atom. The number of hydrogen-bond acceptors (Lipinski definition) is 6. The molecule has 1 aromatic heterocycles. The minimum atomic E-state index is -0.473. The highest BCUT2D eigenvalue weighted by Gasteiger charge is 2.26. The summed E-state index contributed by atoms with van der Waals surface area (Å²) in [7, 11) is 2.08. The maximum absolute atomic E-state index is 13.7. The van der Waals surface area contributed by atoms with Gasteiger partial charge in [-0.05, 0) is 38.4 Å². The quantitative estimate of drug-likeness (QED) is 0.587. The van der Waals surface area contributed by atoms with Gasteiger partial charge in [0.25, 0.3) is 0 Å². The van der Waals surface area contributed by atoms with Gasteiger partial charge in [0.1, 0.15) is 10.8 Å². The molecule has 0 spiro atoms. The predicted molar refractivity (Wildman–Crippen MR) is 112 cm³/mol. The highest BCUT2D eigenvalue weighted by Crippen LogP contribution is 2.29. The van der Waals surface area contributed by atoms with Crippen molar-refractivity contribution in [3.8, 4) is 0 Å². The number of benzene rings is 1. The second-order valence-electron chi connectivity index (χ2n) is 7.36. The van der Waals surface area contributed by atoms with Gasteiger partial charge in [-0.25, -0.2) is 13.9 Å². The first kappa shape index (κ1) is 19.9. The Hall–Kier alpha value is -2.39. The minimum absolute atomic E-state index is 0.0751. The second-order valence-corrected chi connectivity index (χ2v) is 8.33. The summed E-state index contributed by atoms with van der Waals surface area (Å²) in [5.74, 6) is -0.720. The largest absolute Gasteiger partial charge is 0.367 e. The van der Waals surface area contributed by atoms with Crippen molar-refractivity contribution in [2.24, 2.45) is 0 Å². The molecule has 2 aromatic rings. The van der Waals surface area contributed by atoms with E-state index in [1.807, 2.05) is 0 Å². The van der Waals surface area contributed by atoms with Gasteiger partial charge in [-0.3, -0.25) is 4.79 Å². The molecule has 154 valence electrons.